The molecule has 2 nitrogen and oxygen atoms in total. The molecule has 0 heterocycles. The second-order valence-corrected chi connectivity index (χ2v) is 7.48. The Morgan fingerprint density at radius 3 is 2.35 bits per heavy atom. The second-order valence-electron chi connectivity index (χ2n) is 4.92. The molecule has 0 aliphatic carbocycles. The fraction of sp³-hybridized carbons (Fsp3) is 0.235. The molecular weight excluding hydrogens is 373 g/mol. The number of hydrogen-bond donors (Lipinski definition) is 1. The minimum absolute atomic E-state index is 0.0153. The number of rotatable bonds is 6. The number of hydrogen-bond acceptors (Lipinski definition) is 2. The average molecular weight is 389 g/mol. The molecule has 0 aliphatic heterocycles. The number of amides is 1. The summed E-state index contributed by atoms with van der Waals surface area (Å²) in [6.07, 6.45) is 0.730. The van der Waals surface area contributed by atoms with Gasteiger partial charge in [-0.1, -0.05) is 47.8 Å². The molecule has 0 bridgehead atoms. The number of carbonyl (C=O) groups is 1. The zero-order valence-corrected chi connectivity index (χ0v) is 15.6. The molecule has 1 amide bonds. The van der Waals surface area contributed by atoms with Gasteiger partial charge in [0.2, 0.25) is 5.91 Å². The summed E-state index contributed by atoms with van der Waals surface area (Å²) in [7, 11) is 0. The molecule has 2 rings (SSSR count). The SMILES string of the molecule is CC[C@@H](Sc1ccc(Cl)cc1)C(=O)NCc1ccc(Cl)cc1Cl. The maximum Gasteiger partial charge on any atom is 0.233 e. The lowest BCUT2D eigenvalue weighted by Crippen LogP contribution is -2.31. The largest absolute Gasteiger partial charge is 0.351 e. The Labute approximate surface area is 155 Å². The van der Waals surface area contributed by atoms with Gasteiger partial charge in [0.1, 0.15) is 0 Å². The highest BCUT2D eigenvalue weighted by Crippen LogP contribution is 2.27. The Bertz CT molecular complexity index is 676. The van der Waals surface area contributed by atoms with Crippen molar-refractivity contribution in [2.75, 3.05) is 0 Å². The maximum atomic E-state index is 12.4. The molecule has 1 atom stereocenters. The smallest absolute Gasteiger partial charge is 0.233 e. The Balaban J connectivity index is 1.95. The van der Waals surface area contributed by atoms with Gasteiger partial charge in [0, 0.05) is 26.5 Å². The van der Waals surface area contributed by atoms with E-state index in [1.54, 1.807) is 12.1 Å². The van der Waals surface area contributed by atoms with E-state index in [4.69, 9.17) is 34.8 Å². The summed E-state index contributed by atoms with van der Waals surface area (Å²) in [6, 6.07) is 12.7. The van der Waals surface area contributed by atoms with Crippen molar-refractivity contribution in [3.05, 3.63) is 63.1 Å². The second kappa shape index (κ2) is 8.84. The van der Waals surface area contributed by atoms with Gasteiger partial charge in [-0.15, -0.1) is 11.8 Å². The van der Waals surface area contributed by atoms with Gasteiger partial charge in [-0.2, -0.15) is 0 Å². The summed E-state index contributed by atoms with van der Waals surface area (Å²) in [4.78, 5) is 13.4. The van der Waals surface area contributed by atoms with Crippen molar-refractivity contribution in [2.45, 2.75) is 30.0 Å². The van der Waals surface area contributed by atoms with Gasteiger partial charge in [0.15, 0.2) is 0 Å². The fourth-order valence-electron chi connectivity index (χ4n) is 1.96. The first-order valence-electron chi connectivity index (χ1n) is 7.13. The highest BCUT2D eigenvalue weighted by atomic mass is 35.5. The number of nitrogens with one attached hydrogen (secondary N) is 1. The molecule has 23 heavy (non-hydrogen) atoms. The van der Waals surface area contributed by atoms with Crippen LogP contribution in [-0.4, -0.2) is 11.2 Å². The van der Waals surface area contributed by atoms with Gasteiger partial charge in [-0.25, -0.2) is 0 Å². The van der Waals surface area contributed by atoms with Crippen molar-refractivity contribution in [1.29, 1.82) is 0 Å². The van der Waals surface area contributed by atoms with Crippen LogP contribution in [0, 0.1) is 0 Å². The molecule has 6 heteroatoms. The lowest BCUT2D eigenvalue weighted by molar-refractivity contribution is -0.120. The molecule has 0 radical (unpaired) electrons. The minimum Gasteiger partial charge on any atom is -0.351 e. The molecule has 0 aromatic heterocycles. The monoisotopic (exact) mass is 387 g/mol. The Kier molecular flexibility index (Phi) is 7.09. The molecule has 2 aromatic rings. The zero-order chi connectivity index (χ0) is 16.8. The van der Waals surface area contributed by atoms with Crippen LogP contribution in [0.25, 0.3) is 0 Å². The van der Waals surface area contributed by atoms with Crippen LogP contribution in [0.5, 0.6) is 0 Å². The Morgan fingerprint density at radius 2 is 1.74 bits per heavy atom. The third kappa shape index (κ3) is 5.61. The van der Waals surface area contributed by atoms with Gasteiger partial charge >= 0.3 is 0 Å². The van der Waals surface area contributed by atoms with E-state index in [1.807, 2.05) is 37.3 Å². The maximum absolute atomic E-state index is 12.4. The van der Waals surface area contributed by atoms with Crippen LogP contribution >= 0.6 is 46.6 Å². The van der Waals surface area contributed by atoms with Crippen LogP contribution in [0.4, 0.5) is 0 Å². The first-order valence-corrected chi connectivity index (χ1v) is 9.14. The summed E-state index contributed by atoms with van der Waals surface area (Å²) >= 11 is 19.4. The highest BCUT2D eigenvalue weighted by molar-refractivity contribution is 8.00. The molecule has 0 spiro atoms. The summed E-state index contributed by atoms with van der Waals surface area (Å²) in [6.45, 7) is 2.37. The number of thioether (sulfide) groups is 1. The molecule has 2 aromatic carbocycles. The molecule has 0 saturated heterocycles. The summed E-state index contributed by atoms with van der Waals surface area (Å²) in [5.41, 5.74) is 0.843. The van der Waals surface area contributed by atoms with E-state index in [0.29, 0.717) is 21.6 Å². The van der Waals surface area contributed by atoms with Crippen molar-refractivity contribution < 1.29 is 4.79 Å². The fourth-order valence-corrected chi connectivity index (χ4v) is 3.54. The van der Waals surface area contributed by atoms with E-state index in [-0.39, 0.29) is 11.2 Å². The lowest BCUT2D eigenvalue weighted by Gasteiger charge is -2.15. The topological polar surface area (TPSA) is 29.1 Å². The Morgan fingerprint density at radius 1 is 1.09 bits per heavy atom. The van der Waals surface area contributed by atoms with E-state index in [1.165, 1.54) is 11.8 Å². The summed E-state index contributed by atoms with van der Waals surface area (Å²) in [5, 5.41) is 4.58. The standard InChI is InChI=1S/C17H16Cl3NOS/c1-2-16(23-14-7-5-12(18)6-8-14)17(22)21-10-11-3-4-13(19)9-15(11)20/h3-9,16H,2,10H2,1H3,(H,21,22)/t16-/m1/s1. The van der Waals surface area contributed by atoms with Gasteiger partial charge in [0.05, 0.1) is 5.25 Å². The van der Waals surface area contributed by atoms with Gasteiger partial charge < -0.3 is 5.32 Å². The van der Waals surface area contributed by atoms with Gasteiger partial charge in [0.25, 0.3) is 0 Å². The highest BCUT2D eigenvalue weighted by Gasteiger charge is 2.18. The van der Waals surface area contributed by atoms with Crippen molar-refractivity contribution in [3.8, 4) is 0 Å². The molecule has 0 saturated carbocycles. The third-order valence-corrected chi connectivity index (χ3v) is 5.44. The quantitative estimate of drug-likeness (QED) is 0.630. The predicted octanol–water partition coefficient (Wildman–Crippen LogP) is 5.83. The molecule has 0 unspecified atom stereocenters. The van der Waals surface area contributed by atoms with Crippen LogP contribution in [0.15, 0.2) is 47.4 Å². The van der Waals surface area contributed by atoms with E-state index >= 15 is 0 Å². The number of benzene rings is 2. The van der Waals surface area contributed by atoms with Crippen molar-refractivity contribution in [3.63, 3.8) is 0 Å². The number of halogens is 3. The molecule has 0 fully saturated rings. The molecule has 1 N–H and O–H groups in total. The van der Waals surface area contributed by atoms with Crippen molar-refractivity contribution >= 4 is 52.5 Å². The lowest BCUT2D eigenvalue weighted by atomic mass is 10.2. The van der Waals surface area contributed by atoms with E-state index in [9.17, 15) is 4.79 Å². The van der Waals surface area contributed by atoms with Crippen LogP contribution in [-0.2, 0) is 11.3 Å². The van der Waals surface area contributed by atoms with Crippen LogP contribution in [0.3, 0.4) is 0 Å². The summed E-state index contributed by atoms with van der Waals surface area (Å²) in [5.74, 6) is -0.0153. The molecule has 122 valence electrons. The minimum atomic E-state index is -0.165. The average Bonchev–Trinajstić information content (AvgIpc) is 2.53. The summed E-state index contributed by atoms with van der Waals surface area (Å²) < 4.78 is 0. The number of carbonyl (C=O) groups excluding carboxylic acids is 1. The van der Waals surface area contributed by atoms with Crippen LogP contribution < -0.4 is 5.32 Å². The predicted molar refractivity (Wildman–Crippen MR) is 99.7 cm³/mol. The van der Waals surface area contributed by atoms with Crippen LogP contribution in [0.2, 0.25) is 15.1 Å². The zero-order valence-electron chi connectivity index (χ0n) is 12.5. The van der Waals surface area contributed by atoms with Gasteiger partial charge in [-0.05, 0) is 48.4 Å². The van der Waals surface area contributed by atoms with Gasteiger partial charge in [-0.3, -0.25) is 4.79 Å². The molecular formula is C17H16Cl3NOS. The van der Waals surface area contributed by atoms with E-state index in [2.05, 4.69) is 5.32 Å². The van der Waals surface area contributed by atoms with E-state index < -0.39 is 0 Å². The first kappa shape index (κ1) is 18.5. The normalized spacial score (nSPS) is 12.0. The van der Waals surface area contributed by atoms with Crippen molar-refractivity contribution in [2.24, 2.45) is 0 Å². The van der Waals surface area contributed by atoms with Crippen molar-refractivity contribution in [1.82, 2.24) is 5.32 Å². The molecule has 0 aliphatic rings. The third-order valence-electron chi connectivity index (χ3n) is 3.22. The Hall–Kier alpha value is -0.870. The van der Waals surface area contributed by atoms with E-state index in [0.717, 1.165) is 16.9 Å². The van der Waals surface area contributed by atoms with Crippen LogP contribution in [0.1, 0.15) is 18.9 Å². The first-order chi connectivity index (χ1) is 11.0.